The van der Waals surface area contributed by atoms with E-state index in [0.29, 0.717) is 16.4 Å². The summed E-state index contributed by atoms with van der Waals surface area (Å²) in [6.07, 6.45) is 3.26. The van der Waals surface area contributed by atoms with Gasteiger partial charge in [0.25, 0.3) is 10.0 Å². The van der Waals surface area contributed by atoms with Crippen LogP contribution in [0, 0.1) is 0 Å². The number of hydrogen-bond acceptors (Lipinski definition) is 5. The molecule has 19 heavy (non-hydrogen) atoms. The van der Waals surface area contributed by atoms with Crippen LogP contribution >= 0.6 is 11.3 Å². The third kappa shape index (κ3) is 2.65. The molecule has 1 aliphatic carbocycles. The highest BCUT2D eigenvalue weighted by Crippen LogP contribution is 2.38. The van der Waals surface area contributed by atoms with Crippen molar-refractivity contribution in [3.05, 3.63) is 11.4 Å². The number of thiophene rings is 1. The van der Waals surface area contributed by atoms with Crippen molar-refractivity contribution in [2.75, 3.05) is 33.4 Å². The number of nitrogen functional groups attached to an aromatic ring is 1. The van der Waals surface area contributed by atoms with E-state index >= 15 is 0 Å². The van der Waals surface area contributed by atoms with Gasteiger partial charge in [-0.1, -0.05) is 0 Å². The first-order valence-corrected chi connectivity index (χ1v) is 8.58. The number of likely N-dealkylation sites (N-methyl/N-ethyl adjacent to an activating group) is 2. The van der Waals surface area contributed by atoms with Gasteiger partial charge in [0.05, 0.1) is 0 Å². The average Bonchev–Trinajstić information content (AvgIpc) is 2.69. The number of anilines is 1. The van der Waals surface area contributed by atoms with Crippen LogP contribution in [-0.2, 0) is 10.0 Å². The summed E-state index contributed by atoms with van der Waals surface area (Å²) in [5, 5.41) is 1.66. The minimum absolute atomic E-state index is 0.00930. The Kier molecular flexibility index (Phi) is 3.92. The Labute approximate surface area is 119 Å². The normalized spacial score (nSPS) is 18.8. The zero-order valence-electron chi connectivity index (χ0n) is 11.6. The molecule has 0 aromatic carbocycles. The van der Waals surface area contributed by atoms with Crippen molar-refractivity contribution < 1.29 is 8.42 Å². The molecule has 0 spiro atoms. The highest BCUT2D eigenvalue weighted by molar-refractivity contribution is 7.91. The summed E-state index contributed by atoms with van der Waals surface area (Å²) >= 11 is 1.18. The second-order valence-electron chi connectivity index (χ2n) is 5.43. The number of rotatable bonds is 5. The van der Waals surface area contributed by atoms with Crippen molar-refractivity contribution in [1.29, 1.82) is 0 Å². The van der Waals surface area contributed by atoms with Crippen LogP contribution in [0.5, 0.6) is 0 Å². The molecule has 2 rings (SSSR count). The fourth-order valence-electron chi connectivity index (χ4n) is 2.45. The summed E-state index contributed by atoms with van der Waals surface area (Å²) in [6.45, 7) is 0.528. The molecule has 108 valence electrons. The first-order valence-electron chi connectivity index (χ1n) is 6.26. The van der Waals surface area contributed by atoms with Crippen LogP contribution in [0.25, 0.3) is 0 Å². The molecule has 1 saturated carbocycles. The summed E-state index contributed by atoms with van der Waals surface area (Å²) in [6, 6.07) is 1.53. The standard InChI is InChI=1S/C12H21N3O2S2/c1-14(2)12(5-4-6-12)9-15(3)19(16,17)11-7-10(13)8-18-11/h7-8H,4-6,9,13H2,1-3H3. The van der Waals surface area contributed by atoms with Gasteiger partial charge in [-0.2, -0.15) is 4.31 Å². The third-order valence-electron chi connectivity index (χ3n) is 4.01. The lowest BCUT2D eigenvalue weighted by Crippen LogP contribution is -2.57. The van der Waals surface area contributed by atoms with Crippen molar-refractivity contribution in [2.45, 2.75) is 29.0 Å². The number of sulfonamides is 1. The highest BCUT2D eigenvalue weighted by Gasteiger charge is 2.42. The van der Waals surface area contributed by atoms with E-state index in [0.717, 1.165) is 19.3 Å². The lowest BCUT2D eigenvalue weighted by molar-refractivity contribution is 0.0455. The van der Waals surface area contributed by atoms with Gasteiger partial charge >= 0.3 is 0 Å². The quantitative estimate of drug-likeness (QED) is 0.894. The first-order chi connectivity index (χ1) is 8.78. The molecule has 0 amide bonds. The van der Waals surface area contributed by atoms with Crippen LogP contribution in [0.2, 0.25) is 0 Å². The summed E-state index contributed by atoms with van der Waals surface area (Å²) in [5.74, 6) is 0. The topological polar surface area (TPSA) is 66.6 Å². The molecule has 1 aromatic rings. The van der Waals surface area contributed by atoms with Crippen LogP contribution in [-0.4, -0.2) is 50.8 Å². The molecule has 1 aromatic heterocycles. The fraction of sp³-hybridized carbons (Fsp3) is 0.667. The summed E-state index contributed by atoms with van der Waals surface area (Å²) in [4.78, 5) is 2.14. The number of nitrogens with zero attached hydrogens (tertiary/aromatic N) is 2. The molecule has 0 aliphatic heterocycles. The van der Waals surface area contributed by atoms with Crippen LogP contribution in [0.1, 0.15) is 19.3 Å². The van der Waals surface area contributed by atoms with Crippen LogP contribution in [0.15, 0.2) is 15.7 Å². The smallest absolute Gasteiger partial charge is 0.252 e. The maximum absolute atomic E-state index is 12.4. The van der Waals surface area contributed by atoms with E-state index in [1.54, 1.807) is 12.4 Å². The van der Waals surface area contributed by atoms with E-state index < -0.39 is 10.0 Å². The number of nitrogens with two attached hydrogens (primary N) is 1. The Morgan fingerprint density at radius 1 is 1.37 bits per heavy atom. The molecule has 5 nitrogen and oxygen atoms in total. The van der Waals surface area contributed by atoms with Gasteiger partial charge < -0.3 is 10.6 Å². The Bertz CT molecular complexity index is 547. The monoisotopic (exact) mass is 303 g/mol. The highest BCUT2D eigenvalue weighted by atomic mass is 32.2. The second kappa shape index (κ2) is 5.05. The van der Waals surface area contributed by atoms with Crippen LogP contribution in [0.3, 0.4) is 0 Å². The zero-order valence-corrected chi connectivity index (χ0v) is 13.2. The Hall–Kier alpha value is -0.630. The molecular weight excluding hydrogens is 282 g/mol. The molecule has 0 saturated heterocycles. The minimum atomic E-state index is -3.42. The predicted molar refractivity (Wildman–Crippen MR) is 78.8 cm³/mol. The zero-order chi connectivity index (χ0) is 14.3. The van der Waals surface area contributed by atoms with Gasteiger partial charge in [0, 0.05) is 30.2 Å². The first kappa shape index (κ1) is 14.8. The molecule has 0 radical (unpaired) electrons. The Morgan fingerprint density at radius 2 is 2.00 bits per heavy atom. The molecule has 0 atom stereocenters. The van der Waals surface area contributed by atoms with E-state index in [1.807, 2.05) is 14.1 Å². The maximum Gasteiger partial charge on any atom is 0.252 e. The molecule has 0 unspecified atom stereocenters. The van der Waals surface area contributed by atoms with Gasteiger partial charge in [-0.15, -0.1) is 11.3 Å². The SMILES string of the molecule is CN(C)C1(CN(C)S(=O)(=O)c2cc(N)cs2)CCC1. The van der Waals surface area contributed by atoms with Crippen molar-refractivity contribution >= 4 is 27.0 Å². The Morgan fingerprint density at radius 3 is 2.37 bits per heavy atom. The van der Waals surface area contributed by atoms with E-state index in [-0.39, 0.29) is 5.54 Å². The summed E-state index contributed by atoms with van der Waals surface area (Å²) in [7, 11) is 2.26. The van der Waals surface area contributed by atoms with Gasteiger partial charge in [0.2, 0.25) is 0 Å². The maximum atomic E-state index is 12.4. The van der Waals surface area contributed by atoms with Gasteiger partial charge in [0.1, 0.15) is 4.21 Å². The lowest BCUT2D eigenvalue weighted by atomic mass is 9.75. The van der Waals surface area contributed by atoms with Gasteiger partial charge in [-0.05, 0) is 39.4 Å². The molecule has 1 fully saturated rings. The van der Waals surface area contributed by atoms with Gasteiger partial charge in [-0.3, -0.25) is 0 Å². The van der Waals surface area contributed by atoms with Gasteiger partial charge in [-0.25, -0.2) is 8.42 Å². The molecule has 2 N–H and O–H groups in total. The summed E-state index contributed by atoms with van der Waals surface area (Å²) < 4.78 is 26.7. The summed E-state index contributed by atoms with van der Waals surface area (Å²) in [5.41, 5.74) is 6.10. The van der Waals surface area contributed by atoms with Crippen molar-refractivity contribution in [3.63, 3.8) is 0 Å². The molecule has 1 aliphatic rings. The fourth-order valence-corrected chi connectivity index (χ4v) is 4.99. The Balaban J connectivity index is 2.17. The van der Waals surface area contributed by atoms with E-state index in [4.69, 9.17) is 5.73 Å². The van der Waals surface area contributed by atoms with E-state index in [1.165, 1.54) is 21.7 Å². The van der Waals surface area contributed by atoms with Crippen molar-refractivity contribution in [1.82, 2.24) is 9.21 Å². The van der Waals surface area contributed by atoms with Gasteiger partial charge in [0.15, 0.2) is 0 Å². The number of hydrogen-bond donors (Lipinski definition) is 1. The molecular formula is C12H21N3O2S2. The molecule has 7 heteroatoms. The van der Waals surface area contributed by atoms with Crippen LogP contribution < -0.4 is 5.73 Å². The average molecular weight is 303 g/mol. The van der Waals surface area contributed by atoms with E-state index in [9.17, 15) is 8.42 Å². The van der Waals surface area contributed by atoms with Crippen molar-refractivity contribution in [3.8, 4) is 0 Å². The van der Waals surface area contributed by atoms with Crippen molar-refractivity contribution in [2.24, 2.45) is 0 Å². The largest absolute Gasteiger partial charge is 0.398 e. The minimum Gasteiger partial charge on any atom is -0.398 e. The lowest BCUT2D eigenvalue weighted by Gasteiger charge is -2.48. The van der Waals surface area contributed by atoms with Crippen LogP contribution in [0.4, 0.5) is 5.69 Å². The van der Waals surface area contributed by atoms with E-state index in [2.05, 4.69) is 4.90 Å². The predicted octanol–water partition coefficient (Wildman–Crippen LogP) is 1.44. The molecule has 1 heterocycles. The second-order valence-corrected chi connectivity index (χ2v) is 8.62. The third-order valence-corrected chi connectivity index (χ3v) is 7.25. The molecule has 0 bridgehead atoms.